The number of rotatable bonds is 6. The molecule has 0 aliphatic rings. The lowest BCUT2D eigenvalue weighted by Crippen LogP contribution is -2.52. The van der Waals surface area contributed by atoms with Gasteiger partial charge in [-0.1, -0.05) is 6.92 Å². The molecule has 1 N–H and O–H groups in total. The van der Waals surface area contributed by atoms with Gasteiger partial charge in [-0.25, -0.2) is 8.42 Å². The van der Waals surface area contributed by atoms with Crippen LogP contribution in [0.5, 0.6) is 0 Å². The van der Waals surface area contributed by atoms with E-state index in [4.69, 9.17) is 0 Å². The number of carbonyl (C=O) groups excluding carboxylic acids is 1. The summed E-state index contributed by atoms with van der Waals surface area (Å²) in [7, 11) is -5.74. The van der Waals surface area contributed by atoms with Crippen molar-refractivity contribution in [3.05, 3.63) is 0 Å². The van der Waals surface area contributed by atoms with Gasteiger partial charge in [-0.3, -0.25) is 4.79 Å². The van der Waals surface area contributed by atoms with Crippen LogP contribution < -0.4 is 4.72 Å². The highest BCUT2D eigenvalue weighted by molar-refractivity contribution is 7.90. The number of nitrogens with one attached hydrogen (secondary N) is 1. The Morgan fingerprint density at radius 2 is 1.48 bits per heavy atom. The van der Waals surface area contributed by atoms with Crippen LogP contribution in [0.2, 0.25) is 0 Å². The summed E-state index contributed by atoms with van der Waals surface area (Å²) in [5.41, 5.74) is -10.4. The number of ether oxygens (including phenoxy) is 1. The fourth-order valence-corrected chi connectivity index (χ4v) is 2.22. The molecular formula is C11H17F6NO4S. The molecule has 0 bridgehead atoms. The van der Waals surface area contributed by atoms with Crippen LogP contribution in [0.1, 0.15) is 34.1 Å². The first-order valence-electron chi connectivity index (χ1n) is 6.24. The van der Waals surface area contributed by atoms with Crippen molar-refractivity contribution in [2.75, 3.05) is 6.61 Å². The molecule has 1 atom stereocenters. The summed E-state index contributed by atoms with van der Waals surface area (Å²) in [6.07, 6.45) is -5.57. The molecule has 0 rings (SSSR count). The van der Waals surface area contributed by atoms with Gasteiger partial charge in [-0.05, 0) is 27.2 Å². The first-order valence-corrected chi connectivity index (χ1v) is 7.72. The molecule has 0 aromatic carbocycles. The maximum atomic E-state index is 12.8. The average molecular weight is 373 g/mol. The normalized spacial score (nSPS) is 16.8. The van der Waals surface area contributed by atoms with Crippen molar-refractivity contribution < 1.29 is 44.3 Å². The van der Waals surface area contributed by atoms with Crippen molar-refractivity contribution in [2.45, 2.75) is 51.3 Å². The molecule has 0 aliphatic carbocycles. The van der Waals surface area contributed by atoms with Crippen molar-refractivity contribution in [3.8, 4) is 0 Å². The van der Waals surface area contributed by atoms with Crippen molar-refractivity contribution >= 4 is 16.0 Å². The molecule has 138 valence electrons. The molecule has 5 nitrogen and oxygen atoms in total. The van der Waals surface area contributed by atoms with Crippen LogP contribution in [-0.4, -0.2) is 38.2 Å². The first-order chi connectivity index (χ1) is 9.90. The lowest BCUT2D eigenvalue weighted by atomic mass is 9.87. The van der Waals surface area contributed by atoms with Gasteiger partial charge in [0.15, 0.2) is 5.41 Å². The fraction of sp³-hybridized carbons (Fsp3) is 0.909. The Balaban J connectivity index is 5.07. The SMILES string of the molecule is CCC(C)(C(=O)OCC(C)(C)NS(=O)(=O)C(F)(F)F)C(F)(F)F. The molecule has 12 heteroatoms. The summed E-state index contributed by atoms with van der Waals surface area (Å²) in [5.74, 6) is -1.70. The minimum absolute atomic E-state index is 0.586. The Hall–Kier alpha value is -1.04. The summed E-state index contributed by atoms with van der Waals surface area (Å²) >= 11 is 0. The Morgan fingerprint density at radius 3 is 1.78 bits per heavy atom. The van der Waals surface area contributed by atoms with Gasteiger partial charge in [-0.2, -0.15) is 31.1 Å². The third-order valence-corrected chi connectivity index (χ3v) is 4.49. The van der Waals surface area contributed by atoms with E-state index < -0.39 is 51.7 Å². The van der Waals surface area contributed by atoms with Crippen molar-refractivity contribution in [2.24, 2.45) is 5.41 Å². The summed E-state index contributed by atoms with van der Waals surface area (Å²) in [4.78, 5) is 11.6. The summed E-state index contributed by atoms with van der Waals surface area (Å²) in [5, 5.41) is 0. The van der Waals surface area contributed by atoms with E-state index in [0.717, 1.165) is 20.8 Å². The number of hydrogen-bond donors (Lipinski definition) is 1. The van der Waals surface area contributed by atoms with Gasteiger partial charge in [0.2, 0.25) is 0 Å². The maximum absolute atomic E-state index is 12.8. The van der Waals surface area contributed by atoms with Gasteiger partial charge < -0.3 is 4.74 Å². The second-order valence-corrected chi connectivity index (χ2v) is 7.37. The molecule has 1 unspecified atom stereocenters. The molecular weight excluding hydrogens is 356 g/mol. The molecule has 0 aliphatic heterocycles. The van der Waals surface area contributed by atoms with Crippen LogP contribution in [-0.2, 0) is 19.6 Å². The van der Waals surface area contributed by atoms with E-state index in [2.05, 4.69) is 4.74 Å². The zero-order chi connectivity index (χ0) is 18.9. The minimum Gasteiger partial charge on any atom is -0.463 e. The number of carbonyl (C=O) groups is 1. The molecule has 0 aromatic heterocycles. The summed E-state index contributed by atoms with van der Waals surface area (Å²) in [6, 6.07) is 0. The minimum atomic E-state index is -5.74. The van der Waals surface area contributed by atoms with E-state index in [-0.39, 0.29) is 0 Å². The lowest BCUT2D eigenvalue weighted by molar-refractivity contribution is -0.231. The number of hydrogen-bond acceptors (Lipinski definition) is 4. The Bertz CT molecular complexity index is 540. The number of alkyl halides is 6. The van der Waals surface area contributed by atoms with E-state index >= 15 is 0 Å². The van der Waals surface area contributed by atoms with E-state index in [1.165, 1.54) is 4.72 Å². The third kappa shape index (κ3) is 5.23. The van der Waals surface area contributed by atoms with Gasteiger partial charge in [0.05, 0.1) is 5.54 Å². The second-order valence-electron chi connectivity index (χ2n) is 5.69. The van der Waals surface area contributed by atoms with Crippen LogP contribution in [0.25, 0.3) is 0 Å². The fourth-order valence-electron chi connectivity index (χ4n) is 1.32. The Labute approximate surface area is 129 Å². The van der Waals surface area contributed by atoms with E-state index in [9.17, 15) is 39.6 Å². The smallest absolute Gasteiger partial charge is 0.463 e. The van der Waals surface area contributed by atoms with Crippen molar-refractivity contribution in [1.29, 1.82) is 0 Å². The predicted octanol–water partition coefficient (Wildman–Crippen LogP) is 2.73. The molecule has 23 heavy (non-hydrogen) atoms. The van der Waals surface area contributed by atoms with Crippen LogP contribution in [0.3, 0.4) is 0 Å². The molecule has 0 amide bonds. The Morgan fingerprint density at radius 1 is 1.04 bits per heavy atom. The molecule has 0 radical (unpaired) electrons. The number of esters is 1. The van der Waals surface area contributed by atoms with Gasteiger partial charge in [-0.15, -0.1) is 0 Å². The topological polar surface area (TPSA) is 72.5 Å². The van der Waals surface area contributed by atoms with Crippen LogP contribution >= 0.6 is 0 Å². The van der Waals surface area contributed by atoms with Crippen LogP contribution in [0.15, 0.2) is 0 Å². The molecule has 0 fully saturated rings. The quantitative estimate of drug-likeness (QED) is 0.574. The molecule has 0 spiro atoms. The van der Waals surface area contributed by atoms with Crippen LogP contribution in [0.4, 0.5) is 26.3 Å². The lowest BCUT2D eigenvalue weighted by Gasteiger charge is -2.31. The average Bonchev–Trinajstić information content (AvgIpc) is 2.30. The highest BCUT2D eigenvalue weighted by Gasteiger charge is 2.57. The Kier molecular flexibility index (Phi) is 6.17. The van der Waals surface area contributed by atoms with Crippen molar-refractivity contribution in [1.82, 2.24) is 4.72 Å². The zero-order valence-electron chi connectivity index (χ0n) is 12.7. The maximum Gasteiger partial charge on any atom is 0.511 e. The summed E-state index contributed by atoms with van der Waals surface area (Å²) in [6.45, 7) is 2.53. The molecule has 0 heterocycles. The molecule has 0 saturated carbocycles. The van der Waals surface area contributed by atoms with Crippen LogP contribution in [0, 0.1) is 5.41 Å². The van der Waals surface area contributed by atoms with Gasteiger partial charge >= 0.3 is 27.7 Å². The largest absolute Gasteiger partial charge is 0.511 e. The predicted molar refractivity (Wildman–Crippen MR) is 67.6 cm³/mol. The number of halogens is 6. The highest BCUT2D eigenvalue weighted by atomic mass is 32.2. The molecule has 0 saturated heterocycles. The van der Waals surface area contributed by atoms with E-state index in [1.54, 1.807) is 0 Å². The highest BCUT2D eigenvalue weighted by Crippen LogP contribution is 2.41. The van der Waals surface area contributed by atoms with Crippen molar-refractivity contribution in [3.63, 3.8) is 0 Å². The molecule has 0 aromatic rings. The summed E-state index contributed by atoms with van der Waals surface area (Å²) < 4.78 is 103. The number of sulfonamides is 1. The van der Waals surface area contributed by atoms with Gasteiger partial charge in [0, 0.05) is 0 Å². The van der Waals surface area contributed by atoms with E-state index in [0.29, 0.717) is 6.92 Å². The second kappa shape index (κ2) is 6.46. The zero-order valence-corrected chi connectivity index (χ0v) is 13.5. The standard InChI is InChI=1S/C11H17F6NO4S/c1-5-9(4,10(12,13)14)7(19)22-6-8(2,3)18-23(20,21)11(15,16)17/h18H,5-6H2,1-4H3. The third-order valence-electron chi connectivity index (χ3n) is 3.06. The van der Waals surface area contributed by atoms with Gasteiger partial charge in [0.25, 0.3) is 0 Å². The monoisotopic (exact) mass is 373 g/mol. The van der Waals surface area contributed by atoms with Gasteiger partial charge in [0.1, 0.15) is 6.61 Å². The van der Waals surface area contributed by atoms with E-state index in [1.807, 2.05) is 0 Å². The first kappa shape index (κ1) is 22.0.